The summed E-state index contributed by atoms with van der Waals surface area (Å²) in [6.07, 6.45) is 14.5. The molecule has 6 fully saturated rings. The van der Waals surface area contributed by atoms with Crippen molar-refractivity contribution in [1.82, 2.24) is 90.3 Å². The molecular weight excluding hydrogens is 1310 g/mol. The van der Waals surface area contributed by atoms with Crippen LogP contribution in [0.4, 0.5) is 0 Å². The van der Waals surface area contributed by atoms with Crippen LogP contribution in [-0.4, -0.2) is 145 Å². The van der Waals surface area contributed by atoms with Crippen LogP contribution in [-0.2, 0) is 104 Å². The first-order valence-corrected chi connectivity index (χ1v) is 37.0. The number of aromatic nitrogens is 18. The smallest absolute Gasteiger partial charge is 0.266 e. The molecule has 0 unspecified atom stereocenters. The Balaban J connectivity index is 0.000000111. The van der Waals surface area contributed by atoms with Crippen molar-refractivity contribution in [3.05, 3.63) is 74.5 Å². The lowest BCUT2D eigenvalue weighted by atomic mass is 9.49. The molecule has 8 atom stereocenters. The number of Topliss-reactive ketones (excluding diaryl/α,β-unsaturated/α-hetero) is 2. The van der Waals surface area contributed by atoms with Crippen molar-refractivity contribution in [3.63, 3.8) is 0 Å². The molecule has 28 nitrogen and oxygen atoms in total. The molecule has 2 saturated heterocycles. The number of hydrogen-bond donors (Lipinski definition) is 2. The molecule has 8 aromatic heterocycles. The Morgan fingerprint density at radius 2 is 0.796 bits per heavy atom. The fourth-order valence-corrected chi connectivity index (χ4v) is 22.4. The summed E-state index contributed by atoms with van der Waals surface area (Å²) in [4.78, 5) is 25.3. The predicted molar refractivity (Wildman–Crippen MR) is 374 cm³/mol. The molecule has 103 heavy (non-hydrogen) atoms. The van der Waals surface area contributed by atoms with Crippen LogP contribution in [0.2, 0.25) is 0 Å². The average Bonchev–Trinajstić information content (AvgIpc) is 1.67. The molecule has 0 bridgehead atoms. The molecule has 18 rings (SSSR count). The minimum absolute atomic E-state index is 0.00259. The van der Waals surface area contributed by atoms with E-state index in [1.165, 1.54) is 28.1 Å². The lowest BCUT2D eigenvalue weighted by Gasteiger charge is -2.59. The number of aliphatic hydroxyl groups is 1. The fourth-order valence-electron chi connectivity index (χ4n) is 22.4. The van der Waals surface area contributed by atoms with E-state index in [-0.39, 0.29) is 49.6 Å². The monoisotopic (exact) mass is 1410 g/mol. The maximum Gasteiger partial charge on any atom is 0.266 e. The Kier molecular flexibility index (Phi) is 16.7. The number of rotatable bonds is 4. The molecular formula is C75H102N18O10. The van der Waals surface area contributed by atoms with Crippen molar-refractivity contribution in [2.45, 2.75) is 233 Å². The molecule has 10 heterocycles. The van der Waals surface area contributed by atoms with Crippen molar-refractivity contribution < 1.29 is 46.9 Å². The molecule has 8 aromatic rings. The number of carbonyl (C=O) groups excluding carboxylic acids is 2. The molecule has 2 N–H and O–H groups in total. The second-order valence-electron chi connectivity index (χ2n) is 34.2. The van der Waals surface area contributed by atoms with E-state index in [2.05, 4.69) is 120 Å². The minimum atomic E-state index is -0.544. The highest BCUT2D eigenvalue weighted by molar-refractivity contribution is 6.01. The number of aryl methyl sites for hydroxylation is 7. The Bertz CT molecular complexity index is 4650. The number of ether oxygens (including phenoxy) is 4. The van der Waals surface area contributed by atoms with Gasteiger partial charge >= 0.3 is 0 Å². The van der Waals surface area contributed by atoms with Crippen LogP contribution < -0.4 is 0 Å². The first-order chi connectivity index (χ1) is 48.6. The van der Waals surface area contributed by atoms with Crippen LogP contribution in [0.5, 0.6) is 0 Å². The van der Waals surface area contributed by atoms with Crippen LogP contribution in [0.25, 0.3) is 46.3 Å². The third kappa shape index (κ3) is 10.4. The molecule has 2 spiro atoms. The van der Waals surface area contributed by atoms with Gasteiger partial charge in [-0.15, -0.1) is 40.8 Å². The second-order valence-corrected chi connectivity index (χ2v) is 34.2. The summed E-state index contributed by atoms with van der Waals surface area (Å²) in [5, 5.41) is 68.5. The maximum atomic E-state index is 12.8. The number of H-pyrrole nitrogens is 1. The van der Waals surface area contributed by atoms with Gasteiger partial charge in [-0.05, 0) is 106 Å². The van der Waals surface area contributed by atoms with Crippen molar-refractivity contribution in [1.29, 1.82) is 0 Å². The summed E-state index contributed by atoms with van der Waals surface area (Å²) in [7, 11) is 7.77. The van der Waals surface area contributed by atoms with E-state index >= 15 is 0 Å². The van der Waals surface area contributed by atoms with E-state index < -0.39 is 17.0 Å². The van der Waals surface area contributed by atoms with Gasteiger partial charge in [0, 0.05) is 139 Å². The highest BCUT2D eigenvalue weighted by atomic mass is 16.7. The summed E-state index contributed by atoms with van der Waals surface area (Å²) in [6.45, 7) is 34.8. The standard InChI is InChI=1S/C20H28N4O3.C19H24N4O3.C18H26N6O2.C18H24N4O2/c1-12-21-22-17(27-12)15-13-6-7-14-18(2,3)20(25-10-11-26-20)9-8-19(14,4)16(13)23-24(15)5;1-10-20-21-17(26-10)14-12-6-7-13-18(2,3)16(25)11(9-24)8-19(13,4)15(12)22-23(14)5;1-16(2)12-6-5-11-13(15-19-22-23-20-15)24(4)21-14(11)17(12,3)7-8-18(16)25-9-10-26-18;1-10-19-20-16(24-10)14-11-6-7-12-17(2,3)13(23)8-9-18(12,4)15(11)21-22(14)5/h14H,6-11H2,1-5H3;9,13,24H,6-8H2,1-5H3;12H,5-10H2,1-4H3,(H,19,20,22,23);12H,6-9H2,1-5H3/b;11-9-;;/t14-,19-;13-,19-;12-,17-;12-,18-/m0000/s1. The molecule has 28 heteroatoms. The molecule has 0 aromatic carbocycles. The van der Waals surface area contributed by atoms with Crippen LogP contribution in [0.3, 0.4) is 0 Å². The zero-order valence-corrected chi connectivity index (χ0v) is 63.5. The van der Waals surface area contributed by atoms with E-state index in [1.807, 2.05) is 63.0 Å². The van der Waals surface area contributed by atoms with E-state index in [4.69, 9.17) is 52.6 Å². The van der Waals surface area contributed by atoms with Crippen LogP contribution in [0, 0.1) is 66.1 Å². The van der Waals surface area contributed by atoms with Crippen LogP contribution in [0.1, 0.15) is 216 Å². The Morgan fingerprint density at radius 1 is 0.437 bits per heavy atom. The van der Waals surface area contributed by atoms with Gasteiger partial charge in [0.05, 0.1) is 55.5 Å². The number of allylic oxidation sites excluding steroid dienone is 1. The fraction of sp³-hybridized carbons (Fsp3) is 0.693. The largest absolute Gasteiger partial charge is 0.515 e. The highest BCUT2D eigenvalue weighted by Gasteiger charge is 2.67. The lowest BCUT2D eigenvalue weighted by Crippen LogP contribution is -2.61. The number of carbonyl (C=O) groups is 2. The molecule has 0 radical (unpaired) electrons. The number of aromatic amines is 1. The van der Waals surface area contributed by atoms with Gasteiger partial charge in [-0.1, -0.05) is 83.1 Å². The van der Waals surface area contributed by atoms with Gasteiger partial charge in [0.2, 0.25) is 23.5 Å². The van der Waals surface area contributed by atoms with Crippen molar-refractivity contribution >= 4 is 11.6 Å². The number of fused-ring (bicyclic) bond motifs is 12. The van der Waals surface area contributed by atoms with Crippen LogP contribution in [0.15, 0.2) is 25.1 Å². The summed E-state index contributed by atoms with van der Waals surface area (Å²) < 4.78 is 49.3. The Labute approximate surface area is 600 Å². The third-order valence-electron chi connectivity index (χ3n) is 27.4. The first kappa shape index (κ1) is 70.7. The second kappa shape index (κ2) is 24.3. The summed E-state index contributed by atoms with van der Waals surface area (Å²) in [5.41, 5.74) is 12.1. The van der Waals surface area contributed by atoms with Gasteiger partial charge in [-0.2, -0.15) is 25.6 Å². The van der Waals surface area contributed by atoms with E-state index in [0.29, 0.717) is 110 Å². The van der Waals surface area contributed by atoms with Gasteiger partial charge < -0.3 is 37.3 Å². The van der Waals surface area contributed by atoms with Gasteiger partial charge in [-0.25, -0.2) is 0 Å². The van der Waals surface area contributed by atoms with Crippen molar-refractivity contribution in [2.24, 2.45) is 73.5 Å². The lowest BCUT2D eigenvalue weighted by molar-refractivity contribution is -0.276. The van der Waals surface area contributed by atoms with Gasteiger partial charge in [0.1, 0.15) is 28.6 Å². The van der Waals surface area contributed by atoms with E-state index in [9.17, 15) is 14.7 Å². The van der Waals surface area contributed by atoms with Gasteiger partial charge in [0.15, 0.2) is 17.4 Å². The zero-order valence-electron chi connectivity index (χ0n) is 63.5. The zero-order chi connectivity index (χ0) is 73.3. The number of nitrogens with one attached hydrogen (secondary N) is 1. The topological polar surface area (TPSA) is 334 Å². The van der Waals surface area contributed by atoms with Gasteiger partial charge in [0.25, 0.3) is 17.7 Å². The summed E-state index contributed by atoms with van der Waals surface area (Å²) in [5.74, 6) is 4.77. The molecule has 4 saturated carbocycles. The first-order valence-electron chi connectivity index (χ1n) is 37.0. The number of hydrogen-bond acceptors (Lipinski definition) is 23. The Morgan fingerprint density at radius 3 is 1.17 bits per heavy atom. The highest BCUT2D eigenvalue weighted by Crippen LogP contribution is 2.66. The molecule has 2 aliphatic heterocycles. The third-order valence-corrected chi connectivity index (χ3v) is 27.4. The maximum absolute atomic E-state index is 12.8. The normalized spacial score (nSPS) is 30.1. The molecule has 0 amide bonds. The van der Waals surface area contributed by atoms with Crippen molar-refractivity contribution in [2.75, 3.05) is 26.4 Å². The predicted octanol–water partition coefficient (Wildman–Crippen LogP) is 11.2. The summed E-state index contributed by atoms with van der Waals surface area (Å²) in [6, 6.07) is 0. The van der Waals surface area contributed by atoms with E-state index in [1.54, 1.807) is 18.5 Å². The summed E-state index contributed by atoms with van der Waals surface area (Å²) >= 11 is 0. The van der Waals surface area contributed by atoms with Crippen molar-refractivity contribution in [3.8, 4) is 46.3 Å². The molecule has 10 aliphatic rings. The quantitative estimate of drug-likeness (QED) is 0.122. The molecule has 8 aliphatic carbocycles. The average molecular weight is 1420 g/mol. The number of aliphatic hydroxyl groups excluding tert-OH is 1. The number of nitrogens with zero attached hydrogens (tertiary/aromatic N) is 17. The molecule has 552 valence electrons. The minimum Gasteiger partial charge on any atom is -0.515 e. The number of tetrazole rings is 1. The Hall–Kier alpha value is -7.95. The van der Waals surface area contributed by atoms with Gasteiger partial charge in [-0.3, -0.25) is 28.3 Å². The van der Waals surface area contributed by atoms with Crippen LogP contribution >= 0.6 is 0 Å². The van der Waals surface area contributed by atoms with E-state index in [0.717, 1.165) is 129 Å². The SMILES string of the molecule is Cc1nnc(-c2c3c(nn2C)[C@@]2(C)C/C(=C/O)C(=O)C(C)(C)[C@@H]2CC3)o1.Cc1nnc(-c2c3c(nn2C)[C@@]2(C)CCC(=O)C(C)(C)[C@@H]2CC3)o1.Cc1nnc(-c2c3c(nn2C)[C@@]2(C)CCC4(OCCO4)C(C)(C)[C@@H]2CC3)o1.Cn1nc2c(c1-c1nn[nH]n1)CC[C@H]1C(C)(C)C3(CC[C@]21C)OCCO3. The number of ketones is 2.